The monoisotopic (exact) mass is 349 g/mol. The van der Waals surface area contributed by atoms with Crippen molar-refractivity contribution in [3.8, 4) is 0 Å². The zero-order valence-electron chi connectivity index (χ0n) is 15.8. The Morgan fingerprint density at radius 3 is 2.81 bits per heavy atom. The highest BCUT2D eigenvalue weighted by Crippen LogP contribution is 2.10. The Hall–Kier alpha value is -2.82. The molecule has 0 fully saturated rings. The van der Waals surface area contributed by atoms with Crippen molar-refractivity contribution >= 4 is 11.6 Å². The fourth-order valence-electron chi connectivity index (χ4n) is 2.96. The van der Waals surface area contributed by atoms with E-state index in [1.54, 1.807) is 0 Å². The van der Waals surface area contributed by atoms with E-state index in [1.807, 2.05) is 12.3 Å². The van der Waals surface area contributed by atoms with Crippen LogP contribution in [-0.4, -0.2) is 28.4 Å². The number of benzene rings is 1. The second kappa shape index (κ2) is 8.52. The highest BCUT2D eigenvalue weighted by Gasteiger charge is 2.04. The van der Waals surface area contributed by atoms with E-state index in [1.165, 1.54) is 16.7 Å². The number of hydrogen-bond donors (Lipinski definition) is 2. The lowest BCUT2D eigenvalue weighted by Crippen LogP contribution is -2.38. The van der Waals surface area contributed by atoms with Crippen LogP contribution < -0.4 is 10.6 Å². The Morgan fingerprint density at radius 1 is 1.15 bits per heavy atom. The summed E-state index contributed by atoms with van der Waals surface area (Å²) in [6.07, 6.45) is 5.00. The molecule has 0 spiro atoms. The van der Waals surface area contributed by atoms with Gasteiger partial charge in [-0.05, 0) is 38.0 Å². The van der Waals surface area contributed by atoms with Gasteiger partial charge in [-0.3, -0.25) is 0 Å². The molecule has 26 heavy (non-hydrogen) atoms. The first-order valence-corrected chi connectivity index (χ1v) is 9.16. The molecule has 0 amide bonds. The van der Waals surface area contributed by atoms with E-state index >= 15 is 0 Å². The third kappa shape index (κ3) is 4.63. The van der Waals surface area contributed by atoms with Crippen molar-refractivity contribution in [2.24, 2.45) is 4.99 Å². The van der Waals surface area contributed by atoms with Crippen LogP contribution in [0.5, 0.6) is 0 Å². The van der Waals surface area contributed by atoms with Gasteiger partial charge in [0.2, 0.25) is 0 Å². The first-order chi connectivity index (χ1) is 12.7. The number of nitrogens with one attached hydrogen (secondary N) is 2. The van der Waals surface area contributed by atoms with Gasteiger partial charge in [-0.25, -0.2) is 9.98 Å². The molecule has 136 valence electrons. The number of pyridine rings is 1. The molecule has 0 radical (unpaired) electrons. The minimum atomic E-state index is 0.671. The number of aryl methyl sites for hydroxylation is 2. The summed E-state index contributed by atoms with van der Waals surface area (Å²) in [6.45, 7) is 8.58. The molecule has 0 saturated heterocycles. The highest BCUT2D eigenvalue weighted by molar-refractivity contribution is 5.79. The van der Waals surface area contributed by atoms with Gasteiger partial charge in [0, 0.05) is 31.9 Å². The van der Waals surface area contributed by atoms with Gasteiger partial charge < -0.3 is 15.0 Å². The van der Waals surface area contributed by atoms with Crippen molar-refractivity contribution in [1.29, 1.82) is 0 Å². The summed E-state index contributed by atoms with van der Waals surface area (Å²) >= 11 is 0. The number of rotatable bonds is 6. The normalized spacial score (nSPS) is 11.7. The van der Waals surface area contributed by atoms with Crippen LogP contribution >= 0.6 is 0 Å². The third-order valence-corrected chi connectivity index (χ3v) is 4.25. The summed E-state index contributed by atoms with van der Waals surface area (Å²) in [5.74, 6) is 0.842. The second-order valence-electron chi connectivity index (χ2n) is 6.52. The maximum atomic E-state index is 4.72. The Morgan fingerprint density at radius 2 is 2.04 bits per heavy atom. The molecular weight excluding hydrogens is 322 g/mol. The van der Waals surface area contributed by atoms with E-state index in [2.05, 4.69) is 77.3 Å². The number of nitrogens with zero attached hydrogens (tertiary/aromatic N) is 3. The minimum Gasteiger partial charge on any atom is -0.357 e. The van der Waals surface area contributed by atoms with Gasteiger partial charge in [0.25, 0.3) is 0 Å². The predicted octanol–water partition coefficient (Wildman–Crippen LogP) is 3.25. The molecule has 3 rings (SSSR count). The molecule has 2 N–H and O–H groups in total. The van der Waals surface area contributed by atoms with E-state index in [9.17, 15) is 0 Å². The summed E-state index contributed by atoms with van der Waals surface area (Å²) in [5.41, 5.74) is 5.79. The zero-order chi connectivity index (χ0) is 18.4. The summed E-state index contributed by atoms with van der Waals surface area (Å²) in [5, 5.41) is 6.71. The van der Waals surface area contributed by atoms with Gasteiger partial charge in [0.05, 0.1) is 12.2 Å². The van der Waals surface area contributed by atoms with Crippen molar-refractivity contribution in [2.75, 3.05) is 13.1 Å². The van der Waals surface area contributed by atoms with Gasteiger partial charge >= 0.3 is 0 Å². The Kier molecular flexibility index (Phi) is 5.89. The molecule has 0 unspecified atom stereocenters. The molecule has 2 heterocycles. The molecule has 0 atom stereocenters. The lowest BCUT2D eigenvalue weighted by atomic mass is 10.1. The van der Waals surface area contributed by atoms with E-state index in [4.69, 9.17) is 4.98 Å². The minimum absolute atomic E-state index is 0.671. The molecule has 5 heteroatoms. The van der Waals surface area contributed by atoms with E-state index in [0.717, 1.165) is 36.8 Å². The summed E-state index contributed by atoms with van der Waals surface area (Å²) in [7, 11) is 0. The van der Waals surface area contributed by atoms with E-state index in [0.29, 0.717) is 6.54 Å². The van der Waals surface area contributed by atoms with Crippen LogP contribution in [0.3, 0.4) is 0 Å². The van der Waals surface area contributed by atoms with Gasteiger partial charge in [-0.2, -0.15) is 0 Å². The first kappa shape index (κ1) is 18.0. The quantitative estimate of drug-likeness (QED) is 0.531. The van der Waals surface area contributed by atoms with E-state index < -0.39 is 0 Å². The fraction of sp³-hybridized carbons (Fsp3) is 0.333. The van der Waals surface area contributed by atoms with Crippen LogP contribution in [0.25, 0.3) is 5.65 Å². The largest absolute Gasteiger partial charge is 0.357 e. The molecule has 0 bridgehead atoms. The Bertz CT molecular complexity index is 894. The Balaban J connectivity index is 1.59. The maximum Gasteiger partial charge on any atom is 0.191 e. The van der Waals surface area contributed by atoms with Crippen LogP contribution in [0, 0.1) is 13.8 Å². The van der Waals surface area contributed by atoms with Crippen LogP contribution in [0.15, 0.2) is 53.8 Å². The number of fused-ring (bicyclic) bond motifs is 1. The van der Waals surface area contributed by atoms with Gasteiger partial charge in [0.15, 0.2) is 5.96 Å². The van der Waals surface area contributed by atoms with Crippen LogP contribution in [0.2, 0.25) is 0 Å². The molecular formula is C21H27N5. The number of aromatic nitrogens is 2. The number of imidazole rings is 1. The van der Waals surface area contributed by atoms with Gasteiger partial charge in [-0.1, -0.05) is 35.9 Å². The predicted molar refractivity (Wildman–Crippen MR) is 108 cm³/mol. The molecule has 2 aromatic heterocycles. The molecule has 0 aliphatic heterocycles. The number of guanidine groups is 1. The standard InChI is InChI=1S/C21H27N5/c1-4-22-21(24-14-18-9-5-7-16(2)13-18)23-11-10-19-15-26-12-6-8-17(3)20(26)25-19/h5-9,12-13,15H,4,10-11,14H2,1-3H3,(H2,22,23,24). The average molecular weight is 349 g/mol. The first-order valence-electron chi connectivity index (χ1n) is 9.16. The lowest BCUT2D eigenvalue weighted by molar-refractivity contribution is 0.791. The highest BCUT2D eigenvalue weighted by atomic mass is 15.2. The molecule has 1 aromatic carbocycles. The Labute approximate surface area is 155 Å². The molecule has 3 aromatic rings. The topological polar surface area (TPSA) is 53.7 Å². The zero-order valence-corrected chi connectivity index (χ0v) is 15.8. The summed E-state index contributed by atoms with van der Waals surface area (Å²) in [6, 6.07) is 12.6. The van der Waals surface area contributed by atoms with Crippen LogP contribution in [0.1, 0.15) is 29.3 Å². The molecule has 0 aliphatic rings. The maximum absolute atomic E-state index is 4.72. The second-order valence-corrected chi connectivity index (χ2v) is 6.52. The SMILES string of the molecule is CCNC(=NCc1cccc(C)c1)NCCc1cn2cccc(C)c2n1. The lowest BCUT2D eigenvalue weighted by Gasteiger charge is -2.10. The summed E-state index contributed by atoms with van der Waals surface area (Å²) in [4.78, 5) is 9.40. The van der Waals surface area contributed by atoms with Crippen molar-refractivity contribution in [2.45, 2.75) is 33.7 Å². The van der Waals surface area contributed by atoms with Crippen LogP contribution in [0.4, 0.5) is 0 Å². The van der Waals surface area contributed by atoms with Gasteiger partial charge in [0.1, 0.15) is 5.65 Å². The van der Waals surface area contributed by atoms with E-state index in [-0.39, 0.29) is 0 Å². The third-order valence-electron chi connectivity index (χ3n) is 4.25. The molecule has 5 nitrogen and oxygen atoms in total. The van der Waals surface area contributed by atoms with Crippen molar-refractivity contribution in [3.63, 3.8) is 0 Å². The smallest absolute Gasteiger partial charge is 0.191 e. The van der Waals surface area contributed by atoms with Crippen molar-refractivity contribution < 1.29 is 0 Å². The number of aliphatic imine (C=N–C) groups is 1. The van der Waals surface area contributed by atoms with Crippen molar-refractivity contribution in [1.82, 2.24) is 20.0 Å². The average Bonchev–Trinajstić information content (AvgIpc) is 3.04. The summed E-state index contributed by atoms with van der Waals surface area (Å²) < 4.78 is 2.09. The molecule has 0 saturated carbocycles. The van der Waals surface area contributed by atoms with Crippen molar-refractivity contribution in [3.05, 3.63) is 71.2 Å². The molecule has 0 aliphatic carbocycles. The van der Waals surface area contributed by atoms with Crippen LogP contribution in [-0.2, 0) is 13.0 Å². The number of hydrogen-bond acceptors (Lipinski definition) is 2. The van der Waals surface area contributed by atoms with Gasteiger partial charge in [-0.15, -0.1) is 0 Å². The fourth-order valence-corrected chi connectivity index (χ4v) is 2.96.